The fourth-order valence-corrected chi connectivity index (χ4v) is 4.11. The molecule has 1 rings (SSSR count). The van der Waals surface area contributed by atoms with Crippen LogP contribution in [0.5, 0.6) is 0 Å². The van der Waals surface area contributed by atoms with E-state index in [1.54, 1.807) is 0 Å². The van der Waals surface area contributed by atoms with Crippen LogP contribution in [0.2, 0.25) is 0 Å². The summed E-state index contributed by atoms with van der Waals surface area (Å²) in [6.07, 6.45) is 5.60. The minimum Gasteiger partial charge on any atom is -0.392 e. The van der Waals surface area contributed by atoms with E-state index in [1.807, 2.05) is 11.8 Å². The van der Waals surface area contributed by atoms with Gasteiger partial charge in [-0.1, -0.05) is 38.9 Å². The molecule has 0 aliphatic carbocycles. The van der Waals surface area contributed by atoms with Gasteiger partial charge in [-0.2, -0.15) is 11.8 Å². The predicted octanol–water partition coefficient (Wildman–Crippen LogP) is 2.87. The summed E-state index contributed by atoms with van der Waals surface area (Å²) in [7, 11) is 0. The molecule has 1 amide bonds. The van der Waals surface area contributed by atoms with Crippen molar-refractivity contribution < 1.29 is 4.79 Å². The second-order valence-electron chi connectivity index (χ2n) is 5.33. The van der Waals surface area contributed by atoms with Gasteiger partial charge >= 0.3 is 0 Å². The van der Waals surface area contributed by atoms with Crippen LogP contribution in [0.3, 0.4) is 0 Å². The van der Waals surface area contributed by atoms with Crippen molar-refractivity contribution in [3.8, 4) is 0 Å². The van der Waals surface area contributed by atoms with E-state index < -0.39 is 5.41 Å². The number of carbonyl (C=O) groups excluding carboxylic acids is 1. The first-order chi connectivity index (χ1) is 9.06. The summed E-state index contributed by atoms with van der Waals surface area (Å²) < 4.78 is 0. The molecule has 0 radical (unpaired) electrons. The second kappa shape index (κ2) is 8.10. The molecule has 19 heavy (non-hydrogen) atoms. The number of rotatable bonds is 7. The number of thioether (sulfide) groups is 1. The fraction of sp³-hybridized carbons (Fsp3) is 0.857. The lowest BCUT2D eigenvalue weighted by Gasteiger charge is -2.33. The van der Waals surface area contributed by atoms with Gasteiger partial charge in [0.15, 0.2) is 0 Å². The van der Waals surface area contributed by atoms with Gasteiger partial charge in [0.05, 0.1) is 10.4 Å². The number of thiocarbonyl (C=S) groups is 1. The van der Waals surface area contributed by atoms with Crippen molar-refractivity contribution in [1.82, 2.24) is 5.32 Å². The van der Waals surface area contributed by atoms with Gasteiger partial charge in [-0.15, -0.1) is 0 Å². The lowest BCUT2D eigenvalue weighted by molar-refractivity contribution is -0.128. The maximum atomic E-state index is 12.7. The molecule has 1 heterocycles. The molecule has 0 aromatic rings. The Kier molecular flexibility index (Phi) is 7.15. The van der Waals surface area contributed by atoms with E-state index in [9.17, 15) is 4.79 Å². The van der Waals surface area contributed by atoms with Crippen molar-refractivity contribution >= 4 is 34.9 Å². The monoisotopic (exact) mass is 302 g/mol. The third-order valence-corrected chi connectivity index (χ3v) is 5.36. The van der Waals surface area contributed by atoms with Gasteiger partial charge in [0.2, 0.25) is 5.91 Å². The van der Waals surface area contributed by atoms with E-state index in [2.05, 4.69) is 19.2 Å². The molecule has 0 spiro atoms. The Balaban J connectivity index is 2.76. The molecule has 3 N–H and O–H groups in total. The van der Waals surface area contributed by atoms with E-state index in [0.29, 0.717) is 4.99 Å². The maximum Gasteiger partial charge on any atom is 0.233 e. The summed E-state index contributed by atoms with van der Waals surface area (Å²) in [5.74, 6) is 2.27. The number of carbonyl (C=O) groups is 1. The third-order valence-electron chi connectivity index (χ3n) is 3.76. The largest absolute Gasteiger partial charge is 0.392 e. The predicted molar refractivity (Wildman–Crippen MR) is 87.5 cm³/mol. The molecular weight excluding hydrogens is 276 g/mol. The van der Waals surface area contributed by atoms with Crippen molar-refractivity contribution in [3.63, 3.8) is 0 Å². The van der Waals surface area contributed by atoms with Crippen LogP contribution in [-0.4, -0.2) is 28.4 Å². The Morgan fingerprint density at radius 2 is 2.05 bits per heavy atom. The first-order valence-electron chi connectivity index (χ1n) is 7.25. The summed E-state index contributed by atoms with van der Waals surface area (Å²) >= 11 is 7.13. The summed E-state index contributed by atoms with van der Waals surface area (Å²) in [5, 5.41) is 3.18. The summed E-state index contributed by atoms with van der Waals surface area (Å²) in [5.41, 5.74) is 5.28. The minimum absolute atomic E-state index is 0.0520. The molecule has 1 saturated heterocycles. The molecule has 1 aliphatic rings. The molecule has 3 nitrogen and oxygen atoms in total. The van der Waals surface area contributed by atoms with Crippen LogP contribution < -0.4 is 11.1 Å². The number of nitrogens with two attached hydrogens (primary N) is 1. The fourth-order valence-electron chi connectivity index (χ4n) is 2.74. The smallest absolute Gasteiger partial charge is 0.233 e. The third kappa shape index (κ3) is 4.35. The standard InChI is InChI=1S/C14H26N2OS2/c1-3-7-14(8-4-2,12(15)18)13(17)16-11-6-5-9-19-10-11/h11H,3-10H2,1-2H3,(H2,15,18)(H,16,17). The molecule has 0 bridgehead atoms. The van der Waals surface area contributed by atoms with Crippen molar-refractivity contribution in [3.05, 3.63) is 0 Å². The number of nitrogens with one attached hydrogen (secondary N) is 1. The van der Waals surface area contributed by atoms with Crippen LogP contribution in [0.15, 0.2) is 0 Å². The average Bonchev–Trinajstić information content (AvgIpc) is 2.39. The highest BCUT2D eigenvalue weighted by Gasteiger charge is 2.40. The van der Waals surface area contributed by atoms with Crippen LogP contribution in [-0.2, 0) is 4.79 Å². The average molecular weight is 303 g/mol. The Morgan fingerprint density at radius 1 is 1.42 bits per heavy atom. The highest BCUT2D eigenvalue weighted by molar-refractivity contribution is 7.99. The second-order valence-corrected chi connectivity index (χ2v) is 6.92. The molecule has 1 atom stereocenters. The molecule has 0 saturated carbocycles. The van der Waals surface area contributed by atoms with Crippen molar-refractivity contribution in [2.24, 2.45) is 11.1 Å². The van der Waals surface area contributed by atoms with E-state index >= 15 is 0 Å². The SMILES string of the molecule is CCCC(CCC)(C(=O)NC1CCCSC1)C(N)=S. The molecule has 1 aliphatic heterocycles. The Bertz CT molecular complexity index is 309. The van der Waals surface area contributed by atoms with E-state index in [4.69, 9.17) is 18.0 Å². The Labute approximate surface area is 126 Å². The van der Waals surface area contributed by atoms with E-state index in [1.165, 1.54) is 12.2 Å². The summed E-state index contributed by atoms with van der Waals surface area (Å²) in [6.45, 7) is 4.15. The van der Waals surface area contributed by atoms with E-state index in [0.717, 1.165) is 37.9 Å². The van der Waals surface area contributed by atoms with Gasteiger partial charge in [-0.25, -0.2) is 0 Å². The van der Waals surface area contributed by atoms with Gasteiger partial charge in [0, 0.05) is 11.8 Å². The molecule has 0 aromatic heterocycles. The number of hydrogen-bond donors (Lipinski definition) is 2. The van der Waals surface area contributed by atoms with Gasteiger partial charge in [-0.05, 0) is 31.4 Å². The first kappa shape index (κ1) is 16.8. The molecule has 5 heteroatoms. The van der Waals surface area contributed by atoms with Gasteiger partial charge in [0.25, 0.3) is 0 Å². The van der Waals surface area contributed by atoms with Gasteiger partial charge in [0.1, 0.15) is 0 Å². The summed E-state index contributed by atoms with van der Waals surface area (Å²) in [4.78, 5) is 13.0. The number of hydrogen-bond acceptors (Lipinski definition) is 3. The quantitative estimate of drug-likeness (QED) is 0.710. The molecule has 1 unspecified atom stereocenters. The van der Waals surface area contributed by atoms with Crippen LogP contribution in [0.25, 0.3) is 0 Å². The summed E-state index contributed by atoms with van der Waals surface area (Å²) in [6, 6.07) is 0.286. The zero-order chi connectivity index (χ0) is 14.3. The first-order valence-corrected chi connectivity index (χ1v) is 8.81. The topological polar surface area (TPSA) is 55.1 Å². The lowest BCUT2D eigenvalue weighted by atomic mass is 9.78. The Morgan fingerprint density at radius 3 is 2.47 bits per heavy atom. The highest BCUT2D eigenvalue weighted by Crippen LogP contribution is 2.31. The minimum atomic E-state index is -0.638. The van der Waals surface area contributed by atoms with Crippen molar-refractivity contribution in [1.29, 1.82) is 0 Å². The number of amides is 1. The normalized spacial score (nSPS) is 20.0. The maximum absolute atomic E-state index is 12.7. The van der Waals surface area contributed by atoms with Crippen molar-refractivity contribution in [2.45, 2.75) is 58.4 Å². The van der Waals surface area contributed by atoms with Crippen LogP contribution >= 0.6 is 24.0 Å². The van der Waals surface area contributed by atoms with Crippen LogP contribution in [0, 0.1) is 5.41 Å². The van der Waals surface area contributed by atoms with Gasteiger partial charge < -0.3 is 11.1 Å². The Hall–Kier alpha value is -0.290. The molecular formula is C14H26N2OS2. The van der Waals surface area contributed by atoms with Gasteiger partial charge in [-0.3, -0.25) is 4.79 Å². The highest BCUT2D eigenvalue weighted by atomic mass is 32.2. The van der Waals surface area contributed by atoms with Crippen molar-refractivity contribution in [2.75, 3.05) is 11.5 Å². The zero-order valence-electron chi connectivity index (χ0n) is 12.0. The molecule has 0 aromatic carbocycles. The lowest BCUT2D eigenvalue weighted by Crippen LogP contribution is -2.52. The van der Waals surface area contributed by atoms with Crippen LogP contribution in [0.4, 0.5) is 0 Å². The van der Waals surface area contributed by atoms with E-state index in [-0.39, 0.29) is 11.9 Å². The molecule has 1 fully saturated rings. The van der Waals surface area contributed by atoms with Crippen LogP contribution in [0.1, 0.15) is 52.4 Å². The zero-order valence-corrected chi connectivity index (χ0v) is 13.7. The molecule has 110 valence electrons.